The number of hydrogen-bond acceptors (Lipinski definition) is 6. The van der Waals surface area contributed by atoms with E-state index in [1.807, 2.05) is 25.1 Å². The minimum absolute atomic E-state index is 0.0993. The summed E-state index contributed by atoms with van der Waals surface area (Å²) in [6.45, 7) is 6.37. The van der Waals surface area contributed by atoms with Gasteiger partial charge in [0, 0.05) is 18.5 Å². The van der Waals surface area contributed by atoms with Crippen molar-refractivity contribution in [3.8, 4) is 5.75 Å². The predicted molar refractivity (Wildman–Crippen MR) is 102 cm³/mol. The molecule has 1 amide bonds. The van der Waals surface area contributed by atoms with Crippen LogP contribution < -0.4 is 10.5 Å². The SMILES string of the molecule is CCCn1c(COCC)nc2cnc3ccc(OCCOC(N)=O)cc3c21. The van der Waals surface area contributed by atoms with Gasteiger partial charge in [0.2, 0.25) is 0 Å². The number of fused-ring (bicyclic) bond motifs is 3. The van der Waals surface area contributed by atoms with Gasteiger partial charge < -0.3 is 24.5 Å². The molecule has 2 heterocycles. The summed E-state index contributed by atoms with van der Waals surface area (Å²) in [7, 11) is 0. The Morgan fingerprint density at radius 3 is 2.81 bits per heavy atom. The number of ether oxygens (including phenoxy) is 3. The molecular weight excluding hydrogens is 348 g/mol. The van der Waals surface area contributed by atoms with E-state index in [1.165, 1.54) is 0 Å². The second-order valence-electron chi connectivity index (χ2n) is 6.00. The summed E-state index contributed by atoms with van der Waals surface area (Å²) >= 11 is 0. The molecule has 1 aromatic carbocycles. The van der Waals surface area contributed by atoms with E-state index in [0.29, 0.717) is 19.0 Å². The number of aryl methyl sites for hydroxylation is 1. The Morgan fingerprint density at radius 2 is 2.07 bits per heavy atom. The zero-order valence-electron chi connectivity index (χ0n) is 15.6. The van der Waals surface area contributed by atoms with E-state index >= 15 is 0 Å². The smallest absolute Gasteiger partial charge is 0.404 e. The zero-order chi connectivity index (χ0) is 19.2. The van der Waals surface area contributed by atoms with Crippen LogP contribution in [0.3, 0.4) is 0 Å². The molecule has 8 heteroatoms. The average Bonchev–Trinajstić information content (AvgIpc) is 3.01. The molecule has 27 heavy (non-hydrogen) atoms. The number of rotatable bonds is 9. The Balaban J connectivity index is 1.98. The number of nitrogens with two attached hydrogens (primary N) is 1. The lowest BCUT2D eigenvalue weighted by Crippen LogP contribution is -2.17. The number of primary amides is 1. The van der Waals surface area contributed by atoms with E-state index in [4.69, 9.17) is 20.2 Å². The lowest BCUT2D eigenvalue weighted by molar-refractivity contribution is 0.126. The molecule has 8 nitrogen and oxygen atoms in total. The molecule has 3 aromatic rings. The standard InChI is InChI=1S/C19H24N4O4/c1-3-7-23-17(12-25-4-2)22-16-11-21-15-6-5-13(10-14(15)18(16)23)26-8-9-27-19(20)24/h5-6,10-11H,3-4,7-9,12H2,1-2H3,(H2,20,24). The maximum atomic E-state index is 10.6. The lowest BCUT2D eigenvalue weighted by atomic mass is 10.2. The Hall–Kier alpha value is -2.87. The summed E-state index contributed by atoms with van der Waals surface area (Å²) < 4.78 is 18.1. The van der Waals surface area contributed by atoms with Gasteiger partial charge in [-0.3, -0.25) is 4.98 Å². The summed E-state index contributed by atoms with van der Waals surface area (Å²) in [5, 5.41) is 0.963. The molecule has 0 aliphatic rings. The Bertz CT molecular complexity index is 938. The number of hydrogen-bond donors (Lipinski definition) is 1. The number of benzene rings is 1. The van der Waals surface area contributed by atoms with Crippen LogP contribution in [-0.2, 0) is 22.6 Å². The van der Waals surface area contributed by atoms with Crippen LogP contribution in [0, 0.1) is 0 Å². The summed E-state index contributed by atoms with van der Waals surface area (Å²) in [5.74, 6) is 1.56. The number of aromatic nitrogens is 3. The van der Waals surface area contributed by atoms with Gasteiger partial charge in [0.1, 0.15) is 36.9 Å². The van der Waals surface area contributed by atoms with Crippen molar-refractivity contribution in [3.05, 3.63) is 30.2 Å². The van der Waals surface area contributed by atoms with Crippen LogP contribution in [0.2, 0.25) is 0 Å². The van der Waals surface area contributed by atoms with E-state index in [9.17, 15) is 4.79 Å². The molecule has 144 valence electrons. The number of nitrogens with zero attached hydrogens (tertiary/aromatic N) is 3. The molecule has 0 spiro atoms. The fourth-order valence-corrected chi connectivity index (χ4v) is 3.00. The van der Waals surface area contributed by atoms with E-state index in [1.54, 1.807) is 6.20 Å². The van der Waals surface area contributed by atoms with Crippen LogP contribution in [0.4, 0.5) is 4.79 Å². The van der Waals surface area contributed by atoms with Crippen LogP contribution in [-0.4, -0.2) is 40.4 Å². The molecule has 2 aromatic heterocycles. The number of imidazole rings is 1. The molecule has 3 rings (SSSR count). The van der Waals surface area contributed by atoms with Gasteiger partial charge >= 0.3 is 6.09 Å². The van der Waals surface area contributed by atoms with Crippen molar-refractivity contribution in [3.63, 3.8) is 0 Å². The average molecular weight is 372 g/mol. The molecule has 0 aliphatic heterocycles. The third-order valence-electron chi connectivity index (χ3n) is 4.10. The van der Waals surface area contributed by atoms with Gasteiger partial charge in [-0.1, -0.05) is 6.92 Å². The van der Waals surface area contributed by atoms with Gasteiger partial charge in [-0.2, -0.15) is 0 Å². The van der Waals surface area contributed by atoms with Gasteiger partial charge in [0.25, 0.3) is 0 Å². The van der Waals surface area contributed by atoms with Crippen molar-refractivity contribution in [1.29, 1.82) is 0 Å². The van der Waals surface area contributed by atoms with Crippen molar-refractivity contribution in [2.24, 2.45) is 5.73 Å². The zero-order valence-corrected chi connectivity index (χ0v) is 15.6. The minimum atomic E-state index is -0.812. The first kappa shape index (κ1) is 18.9. The van der Waals surface area contributed by atoms with E-state index in [0.717, 1.165) is 40.7 Å². The summed E-state index contributed by atoms with van der Waals surface area (Å²) in [6, 6.07) is 5.69. The van der Waals surface area contributed by atoms with Crippen LogP contribution in [0.5, 0.6) is 5.75 Å². The van der Waals surface area contributed by atoms with Gasteiger partial charge in [-0.15, -0.1) is 0 Å². The van der Waals surface area contributed by atoms with E-state index in [2.05, 4.69) is 21.2 Å². The molecule has 0 aliphatic carbocycles. The Morgan fingerprint density at radius 1 is 1.22 bits per heavy atom. The van der Waals surface area contributed by atoms with Gasteiger partial charge in [-0.25, -0.2) is 9.78 Å². The van der Waals surface area contributed by atoms with Crippen LogP contribution in [0.25, 0.3) is 21.9 Å². The Labute approximate surface area is 157 Å². The quantitative estimate of drug-likeness (QED) is 0.579. The van der Waals surface area contributed by atoms with Crippen molar-refractivity contribution in [2.45, 2.75) is 33.4 Å². The highest BCUT2D eigenvalue weighted by Crippen LogP contribution is 2.28. The van der Waals surface area contributed by atoms with Crippen molar-refractivity contribution in [1.82, 2.24) is 14.5 Å². The van der Waals surface area contributed by atoms with Crippen LogP contribution >= 0.6 is 0 Å². The molecular formula is C19H24N4O4. The monoisotopic (exact) mass is 372 g/mol. The highest BCUT2D eigenvalue weighted by Gasteiger charge is 2.14. The summed E-state index contributed by atoms with van der Waals surface area (Å²) in [6.07, 6.45) is 1.96. The largest absolute Gasteiger partial charge is 0.490 e. The maximum Gasteiger partial charge on any atom is 0.404 e. The third kappa shape index (κ3) is 4.28. The van der Waals surface area contributed by atoms with Crippen molar-refractivity contribution < 1.29 is 19.0 Å². The second-order valence-corrected chi connectivity index (χ2v) is 6.00. The fraction of sp³-hybridized carbons (Fsp3) is 0.421. The molecule has 0 bridgehead atoms. The van der Waals surface area contributed by atoms with Gasteiger partial charge in [-0.05, 0) is 31.5 Å². The molecule has 0 saturated heterocycles. The van der Waals surface area contributed by atoms with Crippen molar-refractivity contribution >= 4 is 28.0 Å². The number of amides is 1. The van der Waals surface area contributed by atoms with E-state index in [-0.39, 0.29) is 13.2 Å². The second kappa shape index (κ2) is 8.68. The van der Waals surface area contributed by atoms with Crippen molar-refractivity contribution in [2.75, 3.05) is 19.8 Å². The van der Waals surface area contributed by atoms with Gasteiger partial charge in [0.05, 0.1) is 17.2 Å². The molecule has 0 unspecified atom stereocenters. The van der Waals surface area contributed by atoms with Crippen LogP contribution in [0.1, 0.15) is 26.1 Å². The normalized spacial score (nSPS) is 11.2. The van der Waals surface area contributed by atoms with E-state index < -0.39 is 6.09 Å². The first-order valence-electron chi connectivity index (χ1n) is 9.04. The molecule has 0 atom stereocenters. The molecule has 0 saturated carbocycles. The molecule has 0 fully saturated rings. The third-order valence-corrected chi connectivity index (χ3v) is 4.10. The number of carbonyl (C=O) groups excluding carboxylic acids is 1. The number of pyridine rings is 1. The lowest BCUT2D eigenvalue weighted by Gasteiger charge is -2.11. The topological polar surface area (TPSA) is 101 Å². The van der Waals surface area contributed by atoms with Crippen LogP contribution in [0.15, 0.2) is 24.4 Å². The fourth-order valence-electron chi connectivity index (χ4n) is 3.00. The molecule has 0 radical (unpaired) electrons. The van der Waals surface area contributed by atoms with Gasteiger partial charge in [0.15, 0.2) is 0 Å². The highest BCUT2D eigenvalue weighted by atomic mass is 16.6. The maximum absolute atomic E-state index is 10.6. The minimum Gasteiger partial charge on any atom is -0.490 e. The first-order chi connectivity index (χ1) is 13.1. The highest BCUT2D eigenvalue weighted by molar-refractivity contribution is 6.02. The first-order valence-corrected chi connectivity index (χ1v) is 9.04. The predicted octanol–water partition coefficient (Wildman–Crippen LogP) is 3.01. The Kier molecular flexibility index (Phi) is 6.08. The number of carbonyl (C=O) groups is 1. The summed E-state index contributed by atoms with van der Waals surface area (Å²) in [5.41, 5.74) is 7.67. The summed E-state index contributed by atoms with van der Waals surface area (Å²) in [4.78, 5) is 19.8. The molecule has 2 N–H and O–H groups in total.